The summed E-state index contributed by atoms with van der Waals surface area (Å²) in [6.07, 6.45) is 2.21. The van der Waals surface area contributed by atoms with Crippen LogP contribution in [0.25, 0.3) is 11.5 Å². The number of nitrogens with zero attached hydrogens (tertiary/aromatic N) is 1. The highest BCUT2D eigenvalue weighted by atomic mass is 19.1. The zero-order valence-corrected chi connectivity index (χ0v) is 8.11. The maximum Gasteiger partial charge on any atom is 0.226 e. The predicted octanol–water partition coefficient (Wildman–Crippen LogP) is 1.98. The lowest BCUT2D eigenvalue weighted by atomic mass is 10.2. The van der Waals surface area contributed by atoms with E-state index in [2.05, 4.69) is 4.98 Å². The Morgan fingerprint density at radius 3 is 3.00 bits per heavy atom. The van der Waals surface area contributed by atoms with Gasteiger partial charge >= 0.3 is 0 Å². The van der Waals surface area contributed by atoms with Gasteiger partial charge in [-0.15, -0.1) is 0 Å². The number of hydrogen-bond acceptors (Lipinski definition) is 3. The maximum atomic E-state index is 12.9. The molecular weight excluding hydrogens is 195 g/mol. The second-order valence-electron chi connectivity index (χ2n) is 3.19. The highest BCUT2D eigenvalue weighted by molar-refractivity contribution is 5.52. The molecule has 0 unspecified atom stereocenters. The van der Waals surface area contributed by atoms with Crippen molar-refractivity contribution in [3.8, 4) is 11.5 Å². The molecule has 78 valence electrons. The molecule has 0 atom stereocenters. The summed E-state index contributed by atoms with van der Waals surface area (Å²) in [6.45, 7) is 0.523. The minimum atomic E-state index is -0.300. The molecule has 0 bridgehead atoms. The smallest absolute Gasteiger partial charge is 0.226 e. The van der Waals surface area contributed by atoms with Crippen molar-refractivity contribution < 1.29 is 8.81 Å². The van der Waals surface area contributed by atoms with Crippen molar-refractivity contribution in [2.45, 2.75) is 6.42 Å². The van der Waals surface area contributed by atoms with Crippen LogP contribution in [-0.4, -0.2) is 11.5 Å². The molecular formula is C11H11FN2O. The lowest BCUT2D eigenvalue weighted by Crippen LogP contribution is -2.02. The molecule has 0 amide bonds. The molecule has 0 saturated carbocycles. The van der Waals surface area contributed by atoms with E-state index in [1.807, 2.05) is 0 Å². The first-order chi connectivity index (χ1) is 7.29. The molecule has 1 aromatic heterocycles. The summed E-state index contributed by atoms with van der Waals surface area (Å²) in [4.78, 5) is 4.20. The van der Waals surface area contributed by atoms with Crippen molar-refractivity contribution in [2.24, 2.45) is 5.73 Å². The van der Waals surface area contributed by atoms with Gasteiger partial charge in [0.2, 0.25) is 5.89 Å². The van der Waals surface area contributed by atoms with Gasteiger partial charge < -0.3 is 10.2 Å². The Kier molecular flexibility index (Phi) is 2.78. The number of halogens is 1. The third kappa shape index (κ3) is 2.22. The fourth-order valence-electron chi connectivity index (χ4n) is 1.32. The molecule has 1 aromatic carbocycles. The summed E-state index contributed by atoms with van der Waals surface area (Å²) in [5.74, 6) is 0.129. The fraction of sp³-hybridized carbons (Fsp3) is 0.182. The van der Waals surface area contributed by atoms with Crippen molar-refractivity contribution in [1.82, 2.24) is 4.98 Å². The molecule has 0 aliphatic heterocycles. The minimum Gasteiger partial charge on any atom is -0.444 e. The van der Waals surface area contributed by atoms with Crippen LogP contribution >= 0.6 is 0 Å². The summed E-state index contributed by atoms with van der Waals surface area (Å²) in [5.41, 5.74) is 6.82. The third-order valence-electron chi connectivity index (χ3n) is 2.02. The first-order valence-electron chi connectivity index (χ1n) is 4.70. The van der Waals surface area contributed by atoms with E-state index < -0.39 is 0 Å². The van der Waals surface area contributed by atoms with Crippen molar-refractivity contribution in [3.05, 3.63) is 42.0 Å². The van der Waals surface area contributed by atoms with Crippen molar-refractivity contribution >= 4 is 0 Å². The molecule has 0 fully saturated rings. The Bertz CT molecular complexity index is 453. The van der Waals surface area contributed by atoms with Gasteiger partial charge in [-0.3, -0.25) is 0 Å². The van der Waals surface area contributed by atoms with Gasteiger partial charge in [0.15, 0.2) is 0 Å². The van der Waals surface area contributed by atoms with E-state index in [-0.39, 0.29) is 5.82 Å². The van der Waals surface area contributed by atoms with Crippen LogP contribution in [-0.2, 0) is 6.42 Å². The van der Waals surface area contributed by atoms with Crippen molar-refractivity contribution in [2.75, 3.05) is 6.54 Å². The molecule has 0 aliphatic rings. The number of nitrogens with two attached hydrogens (primary N) is 1. The topological polar surface area (TPSA) is 52.0 Å². The maximum absolute atomic E-state index is 12.9. The van der Waals surface area contributed by atoms with Gasteiger partial charge in [0.1, 0.15) is 12.1 Å². The van der Waals surface area contributed by atoms with Crippen LogP contribution in [0.15, 0.2) is 34.9 Å². The van der Waals surface area contributed by atoms with Crippen molar-refractivity contribution in [1.29, 1.82) is 0 Å². The van der Waals surface area contributed by atoms with Crippen molar-refractivity contribution in [3.63, 3.8) is 0 Å². The average molecular weight is 206 g/mol. The first-order valence-corrected chi connectivity index (χ1v) is 4.70. The van der Waals surface area contributed by atoms with E-state index in [0.717, 1.165) is 5.69 Å². The molecule has 2 aromatic rings. The van der Waals surface area contributed by atoms with E-state index in [1.54, 1.807) is 18.4 Å². The summed E-state index contributed by atoms with van der Waals surface area (Å²) >= 11 is 0. The van der Waals surface area contributed by atoms with E-state index in [1.165, 1.54) is 12.1 Å². The van der Waals surface area contributed by atoms with Crippen LogP contribution in [0, 0.1) is 5.82 Å². The molecule has 0 aliphatic carbocycles. The van der Waals surface area contributed by atoms with Gasteiger partial charge in [-0.05, 0) is 24.7 Å². The van der Waals surface area contributed by atoms with Crippen LogP contribution < -0.4 is 5.73 Å². The van der Waals surface area contributed by atoms with Crippen LogP contribution in [0.5, 0.6) is 0 Å². The Balaban J connectivity index is 2.29. The summed E-state index contributed by atoms with van der Waals surface area (Å²) in [7, 11) is 0. The summed E-state index contributed by atoms with van der Waals surface area (Å²) < 4.78 is 18.1. The molecule has 4 heteroatoms. The summed E-state index contributed by atoms with van der Waals surface area (Å²) in [5, 5.41) is 0. The molecule has 0 radical (unpaired) electrons. The molecule has 1 heterocycles. The highest BCUT2D eigenvalue weighted by Crippen LogP contribution is 2.19. The largest absolute Gasteiger partial charge is 0.444 e. The second kappa shape index (κ2) is 4.23. The van der Waals surface area contributed by atoms with E-state index in [0.29, 0.717) is 24.4 Å². The SMILES string of the molecule is NCCc1coc(-c2cccc(F)c2)n1. The Labute approximate surface area is 86.7 Å². The molecule has 15 heavy (non-hydrogen) atoms. The standard InChI is InChI=1S/C11H11FN2O/c12-9-3-1-2-8(6-9)11-14-10(4-5-13)7-15-11/h1-3,6-7H,4-5,13H2. The molecule has 0 saturated heterocycles. The van der Waals surface area contributed by atoms with Gasteiger partial charge in [0.25, 0.3) is 0 Å². The Hall–Kier alpha value is -1.68. The number of oxazole rings is 1. The van der Waals surface area contributed by atoms with Crippen LogP contribution in [0.1, 0.15) is 5.69 Å². The molecule has 0 spiro atoms. The molecule has 2 rings (SSSR count). The van der Waals surface area contributed by atoms with Gasteiger partial charge in [-0.2, -0.15) is 0 Å². The first kappa shape index (κ1) is 9.86. The van der Waals surface area contributed by atoms with Crippen LogP contribution in [0.3, 0.4) is 0 Å². The normalized spacial score (nSPS) is 10.5. The van der Waals surface area contributed by atoms with Gasteiger partial charge in [-0.25, -0.2) is 9.37 Å². The van der Waals surface area contributed by atoms with Crippen LogP contribution in [0.2, 0.25) is 0 Å². The summed E-state index contributed by atoms with van der Waals surface area (Å²) in [6, 6.07) is 6.14. The average Bonchev–Trinajstić information content (AvgIpc) is 2.67. The minimum absolute atomic E-state index is 0.300. The molecule has 3 nitrogen and oxygen atoms in total. The molecule has 2 N–H and O–H groups in total. The van der Waals surface area contributed by atoms with Gasteiger partial charge in [0, 0.05) is 12.0 Å². The quantitative estimate of drug-likeness (QED) is 0.835. The third-order valence-corrected chi connectivity index (χ3v) is 2.02. The number of rotatable bonds is 3. The lowest BCUT2D eigenvalue weighted by Gasteiger charge is -1.94. The fourth-order valence-corrected chi connectivity index (χ4v) is 1.32. The number of benzene rings is 1. The zero-order valence-electron chi connectivity index (χ0n) is 8.11. The van der Waals surface area contributed by atoms with E-state index in [4.69, 9.17) is 10.2 Å². The predicted molar refractivity (Wildman–Crippen MR) is 54.7 cm³/mol. The number of hydrogen-bond donors (Lipinski definition) is 1. The van der Waals surface area contributed by atoms with Gasteiger partial charge in [-0.1, -0.05) is 6.07 Å². The highest BCUT2D eigenvalue weighted by Gasteiger charge is 2.06. The van der Waals surface area contributed by atoms with E-state index >= 15 is 0 Å². The van der Waals surface area contributed by atoms with Crippen LogP contribution in [0.4, 0.5) is 4.39 Å². The monoisotopic (exact) mass is 206 g/mol. The second-order valence-corrected chi connectivity index (χ2v) is 3.19. The van der Waals surface area contributed by atoms with Gasteiger partial charge in [0.05, 0.1) is 5.69 Å². The number of aromatic nitrogens is 1. The zero-order chi connectivity index (χ0) is 10.7. The van der Waals surface area contributed by atoms with E-state index in [9.17, 15) is 4.39 Å². The lowest BCUT2D eigenvalue weighted by molar-refractivity contribution is 0.570. The Morgan fingerprint density at radius 2 is 2.27 bits per heavy atom. The Morgan fingerprint density at radius 1 is 1.40 bits per heavy atom.